The van der Waals surface area contributed by atoms with Crippen LogP contribution in [0.5, 0.6) is 0 Å². The van der Waals surface area contributed by atoms with Crippen molar-refractivity contribution in [1.29, 1.82) is 0 Å². The van der Waals surface area contributed by atoms with Gasteiger partial charge in [-0.25, -0.2) is 4.68 Å². The highest BCUT2D eigenvalue weighted by Gasteiger charge is 2.23. The second-order valence-corrected chi connectivity index (χ2v) is 6.21. The van der Waals surface area contributed by atoms with E-state index in [1.54, 1.807) is 19.9 Å². The lowest BCUT2D eigenvalue weighted by Crippen LogP contribution is -2.30. The van der Waals surface area contributed by atoms with E-state index < -0.39 is 4.32 Å². The Bertz CT molecular complexity index is 547. The molecule has 0 saturated carbocycles. The number of alkyl halides is 1. The Kier molecular flexibility index (Phi) is 3.42. The maximum Gasteiger partial charge on any atom is 0.240 e. The van der Waals surface area contributed by atoms with E-state index in [4.69, 9.17) is 0 Å². The third kappa shape index (κ3) is 2.92. The van der Waals surface area contributed by atoms with Crippen molar-refractivity contribution in [3.8, 4) is 5.69 Å². The van der Waals surface area contributed by atoms with Gasteiger partial charge in [0.15, 0.2) is 0 Å². The van der Waals surface area contributed by atoms with E-state index >= 15 is 0 Å². The molecule has 1 amide bonds. The van der Waals surface area contributed by atoms with Crippen molar-refractivity contribution in [2.24, 2.45) is 0 Å². The predicted molar refractivity (Wildman–Crippen MR) is 70.8 cm³/mol. The van der Waals surface area contributed by atoms with Crippen molar-refractivity contribution in [3.63, 3.8) is 0 Å². The number of nitrogens with one attached hydrogen (secondary N) is 1. The van der Waals surface area contributed by atoms with E-state index in [0.717, 1.165) is 5.69 Å². The number of hydrogen-bond acceptors (Lipinski definition) is 4. The van der Waals surface area contributed by atoms with Crippen molar-refractivity contribution in [3.05, 3.63) is 30.6 Å². The molecule has 1 aromatic heterocycles. The normalized spacial score (nSPS) is 11.3. The highest BCUT2D eigenvalue weighted by molar-refractivity contribution is 9.10. The van der Waals surface area contributed by atoms with Crippen LogP contribution in [0.4, 0.5) is 5.69 Å². The molecule has 7 heteroatoms. The van der Waals surface area contributed by atoms with Crippen LogP contribution in [0.15, 0.2) is 30.6 Å². The Morgan fingerprint density at radius 2 is 2.22 bits per heavy atom. The zero-order chi connectivity index (χ0) is 13.2. The molecule has 2 aromatic rings. The number of hydrogen-bond donors (Lipinski definition) is 1. The molecular weight excluding hydrogens is 298 g/mol. The van der Waals surface area contributed by atoms with Crippen LogP contribution in [0.2, 0.25) is 0 Å². The van der Waals surface area contributed by atoms with Crippen LogP contribution in [0.25, 0.3) is 5.69 Å². The number of anilines is 1. The summed E-state index contributed by atoms with van der Waals surface area (Å²) in [6, 6.07) is 7.29. The van der Waals surface area contributed by atoms with Crippen LogP contribution in [0, 0.1) is 0 Å². The Labute approximate surface area is 113 Å². The first-order valence-corrected chi connectivity index (χ1v) is 6.10. The van der Waals surface area contributed by atoms with Gasteiger partial charge in [0.2, 0.25) is 5.91 Å². The van der Waals surface area contributed by atoms with Gasteiger partial charge < -0.3 is 5.32 Å². The molecule has 0 unspecified atom stereocenters. The van der Waals surface area contributed by atoms with Crippen LogP contribution < -0.4 is 5.32 Å². The second kappa shape index (κ2) is 4.85. The van der Waals surface area contributed by atoms with Gasteiger partial charge in [-0.2, -0.15) is 0 Å². The molecule has 18 heavy (non-hydrogen) atoms. The smallest absolute Gasteiger partial charge is 0.240 e. The fourth-order valence-corrected chi connectivity index (χ4v) is 1.38. The predicted octanol–water partition coefficient (Wildman–Crippen LogP) is 1.77. The van der Waals surface area contributed by atoms with Crippen LogP contribution in [-0.2, 0) is 4.79 Å². The van der Waals surface area contributed by atoms with Crippen molar-refractivity contribution in [1.82, 2.24) is 20.2 Å². The summed E-state index contributed by atoms with van der Waals surface area (Å²) < 4.78 is 0.909. The number of carbonyl (C=O) groups excluding carboxylic acids is 1. The first-order valence-electron chi connectivity index (χ1n) is 5.30. The summed E-state index contributed by atoms with van der Waals surface area (Å²) in [5.41, 5.74) is 1.48. The molecular formula is C11H12BrN5O. The Morgan fingerprint density at radius 3 is 2.83 bits per heavy atom. The van der Waals surface area contributed by atoms with Gasteiger partial charge in [-0.05, 0) is 42.5 Å². The van der Waals surface area contributed by atoms with Gasteiger partial charge in [0.1, 0.15) is 6.33 Å². The topological polar surface area (TPSA) is 72.7 Å². The standard InChI is InChI=1S/C11H12BrN5O/c1-11(2,12)10(18)14-8-4-3-5-9(6-8)17-7-13-15-16-17/h3-7H,1-2H3,(H,14,18). The fourth-order valence-electron chi connectivity index (χ4n) is 1.29. The number of nitrogens with zero attached hydrogens (tertiary/aromatic N) is 4. The molecule has 1 aromatic carbocycles. The monoisotopic (exact) mass is 309 g/mol. The minimum atomic E-state index is -0.613. The lowest BCUT2D eigenvalue weighted by molar-refractivity contribution is -0.117. The molecule has 0 spiro atoms. The van der Waals surface area contributed by atoms with Gasteiger partial charge in [0, 0.05) is 5.69 Å². The van der Waals surface area contributed by atoms with Crippen LogP contribution in [0.1, 0.15) is 13.8 Å². The highest BCUT2D eigenvalue weighted by Crippen LogP contribution is 2.20. The Morgan fingerprint density at radius 1 is 1.44 bits per heavy atom. The third-order valence-electron chi connectivity index (χ3n) is 2.26. The van der Waals surface area contributed by atoms with Gasteiger partial charge >= 0.3 is 0 Å². The highest BCUT2D eigenvalue weighted by atomic mass is 79.9. The van der Waals surface area contributed by atoms with Gasteiger partial charge in [-0.15, -0.1) is 5.10 Å². The zero-order valence-corrected chi connectivity index (χ0v) is 11.5. The summed E-state index contributed by atoms with van der Waals surface area (Å²) in [4.78, 5) is 11.8. The average Bonchev–Trinajstić information content (AvgIpc) is 2.81. The zero-order valence-electron chi connectivity index (χ0n) is 9.96. The number of carbonyl (C=O) groups is 1. The van der Waals surface area contributed by atoms with E-state index in [1.165, 1.54) is 11.0 Å². The first-order chi connectivity index (χ1) is 8.47. The SMILES string of the molecule is CC(C)(Br)C(=O)Nc1cccc(-n2cnnn2)c1. The molecule has 0 aliphatic carbocycles. The lowest BCUT2D eigenvalue weighted by atomic mass is 10.2. The number of benzene rings is 1. The molecule has 0 aliphatic heterocycles. The summed E-state index contributed by atoms with van der Waals surface area (Å²) in [5.74, 6) is -0.114. The molecule has 94 valence electrons. The van der Waals surface area contributed by atoms with E-state index in [0.29, 0.717) is 5.69 Å². The van der Waals surface area contributed by atoms with Gasteiger partial charge in [0.25, 0.3) is 0 Å². The molecule has 1 N–H and O–H groups in total. The molecule has 0 atom stereocenters. The van der Waals surface area contributed by atoms with Gasteiger partial charge in [-0.3, -0.25) is 4.79 Å². The molecule has 0 aliphatic rings. The molecule has 0 saturated heterocycles. The van der Waals surface area contributed by atoms with Crippen LogP contribution >= 0.6 is 15.9 Å². The molecule has 6 nitrogen and oxygen atoms in total. The van der Waals surface area contributed by atoms with Crippen molar-refractivity contribution in [2.75, 3.05) is 5.32 Å². The van der Waals surface area contributed by atoms with E-state index in [1.807, 2.05) is 18.2 Å². The largest absolute Gasteiger partial charge is 0.325 e. The average molecular weight is 310 g/mol. The summed E-state index contributed by atoms with van der Waals surface area (Å²) >= 11 is 3.31. The van der Waals surface area contributed by atoms with E-state index in [9.17, 15) is 4.79 Å². The lowest BCUT2D eigenvalue weighted by Gasteiger charge is -2.16. The maximum atomic E-state index is 11.8. The summed E-state index contributed by atoms with van der Waals surface area (Å²) in [6.45, 7) is 3.57. The van der Waals surface area contributed by atoms with Gasteiger partial charge in [0.05, 0.1) is 10.0 Å². The number of amides is 1. The molecule has 2 rings (SSSR count). The van der Waals surface area contributed by atoms with Crippen molar-refractivity contribution in [2.45, 2.75) is 18.2 Å². The molecule has 0 fully saturated rings. The first kappa shape index (κ1) is 12.7. The fraction of sp³-hybridized carbons (Fsp3) is 0.273. The summed E-state index contributed by atoms with van der Waals surface area (Å²) in [5, 5.41) is 13.7. The summed E-state index contributed by atoms with van der Waals surface area (Å²) in [6.07, 6.45) is 1.50. The quantitative estimate of drug-likeness (QED) is 0.877. The van der Waals surface area contributed by atoms with Crippen molar-refractivity contribution >= 4 is 27.5 Å². The maximum absolute atomic E-state index is 11.8. The second-order valence-electron chi connectivity index (χ2n) is 4.23. The minimum Gasteiger partial charge on any atom is -0.325 e. The number of tetrazole rings is 1. The van der Waals surface area contributed by atoms with E-state index in [2.05, 4.69) is 36.8 Å². The number of halogens is 1. The summed E-state index contributed by atoms with van der Waals surface area (Å²) in [7, 11) is 0. The Balaban J connectivity index is 2.21. The number of aromatic nitrogens is 4. The molecule has 1 heterocycles. The Hall–Kier alpha value is -1.76. The minimum absolute atomic E-state index is 0.114. The van der Waals surface area contributed by atoms with Crippen molar-refractivity contribution < 1.29 is 4.79 Å². The molecule has 0 bridgehead atoms. The third-order valence-corrected chi connectivity index (χ3v) is 2.62. The molecule has 0 radical (unpaired) electrons. The van der Waals surface area contributed by atoms with E-state index in [-0.39, 0.29) is 5.91 Å². The van der Waals surface area contributed by atoms with Crippen LogP contribution in [0.3, 0.4) is 0 Å². The van der Waals surface area contributed by atoms with Crippen LogP contribution in [-0.4, -0.2) is 30.4 Å². The van der Waals surface area contributed by atoms with Gasteiger partial charge in [-0.1, -0.05) is 22.0 Å². The number of rotatable bonds is 3.